The minimum atomic E-state index is -0.0604. The Hall–Kier alpha value is -4.11. The standard InChI is InChI=1S/C37H37N2O/c1-24-22-23-28-27-16-9-12-21-32(27)40-35(28)33(24)36-38(5)30-19-10-11-20-31(30)39(36)34-26(25-14-7-6-8-15-25)17-13-18-29(34)37(2,3)4/h6-11,13-20,22-23,28,35H,12,21H2,1-5H3/q+1. The zero-order valence-electron chi connectivity index (χ0n) is 24.1. The van der Waals surface area contributed by atoms with Crippen LogP contribution in [0.15, 0.2) is 114 Å². The number of rotatable bonds is 3. The molecule has 2 aliphatic carbocycles. The number of aromatic nitrogens is 2. The first-order valence-electron chi connectivity index (χ1n) is 14.5. The summed E-state index contributed by atoms with van der Waals surface area (Å²) in [6, 6.07) is 26.4. The Morgan fingerprint density at radius 2 is 1.68 bits per heavy atom. The van der Waals surface area contributed by atoms with Gasteiger partial charge in [0.2, 0.25) is 0 Å². The second-order valence-electron chi connectivity index (χ2n) is 12.4. The van der Waals surface area contributed by atoms with Crippen LogP contribution in [0.25, 0.3) is 33.4 Å². The highest BCUT2D eigenvalue weighted by atomic mass is 16.5. The topological polar surface area (TPSA) is 18.0 Å². The Labute approximate surface area is 237 Å². The van der Waals surface area contributed by atoms with E-state index in [1.807, 2.05) is 0 Å². The third kappa shape index (κ3) is 3.75. The van der Waals surface area contributed by atoms with E-state index in [9.17, 15) is 0 Å². The summed E-state index contributed by atoms with van der Waals surface area (Å²) in [7, 11) is 2.21. The summed E-state index contributed by atoms with van der Waals surface area (Å²) in [4.78, 5) is 0. The van der Waals surface area contributed by atoms with E-state index in [0.29, 0.717) is 0 Å². The van der Waals surface area contributed by atoms with Crippen molar-refractivity contribution in [2.75, 3.05) is 0 Å². The maximum Gasteiger partial charge on any atom is 0.294 e. The van der Waals surface area contributed by atoms with Crippen LogP contribution in [0.5, 0.6) is 0 Å². The van der Waals surface area contributed by atoms with Crippen LogP contribution in [0, 0.1) is 5.92 Å². The predicted octanol–water partition coefficient (Wildman–Crippen LogP) is 8.38. The van der Waals surface area contributed by atoms with E-state index in [4.69, 9.17) is 4.74 Å². The lowest BCUT2D eigenvalue weighted by Crippen LogP contribution is -2.37. The second-order valence-corrected chi connectivity index (χ2v) is 12.4. The summed E-state index contributed by atoms with van der Waals surface area (Å²) in [6.45, 7) is 9.20. The molecule has 1 aromatic heterocycles. The summed E-state index contributed by atoms with van der Waals surface area (Å²) in [5, 5.41) is 0. The number of fused-ring (bicyclic) bond motifs is 3. The first kappa shape index (κ1) is 24.9. The number of hydrogen-bond acceptors (Lipinski definition) is 1. The van der Waals surface area contributed by atoms with Crippen molar-refractivity contribution in [2.24, 2.45) is 13.0 Å². The van der Waals surface area contributed by atoms with Crippen molar-refractivity contribution in [1.82, 2.24) is 4.57 Å². The van der Waals surface area contributed by atoms with Gasteiger partial charge in [-0.3, -0.25) is 0 Å². The lowest BCUT2D eigenvalue weighted by atomic mass is 9.81. The molecule has 1 aliphatic heterocycles. The van der Waals surface area contributed by atoms with E-state index >= 15 is 0 Å². The van der Waals surface area contributed by atoms with Gasteiger partial charge < -0.3 is 4.74 Å². The molecule has 3 nitrogen and oxygen atoms in total. The van der Waals surface area contributed by atoms with Gasteiger partial charge >= 0.3 is 0 Å². The van der Waals surface area contributed by atoms with Gasteiger partial charge in [-0.15, -0.1) is 0 Å². The van der Waals surface area contributed by atoms with E-state index in [1.54, 1.807) is 0 Å². The monoisotopic (exact) mass is 525 g/mol. The average molecular weight is 526 g/mol. The highest BCUT2D eigenvalue weighted by molar-refractivity contribution is 5.86. The molecule has 0 saturated carbocycles. The van der Waals surface area contributed by atoms with Crippen LogP contribution in [-0.4, -0.2) is 10.7 Å². The number of imidazole rings is 1. The summed E-state index contributed by atoms with van der Waals surface area (Å²) >= 11 is 0. The number of allylic oxidation sites excluding steroid dienone is 5. The Bertz CT molecular complexity index is 1770. The van der Waals surface area contributed by atoms with Crippen LogP contribution >= 0.6 is 0 Å². The van der Waals surface area contributed by atoms with E-state index < -0.39 is 0 Å². The highest BCUT2D eigenvalue weighted by Gasteiger charge is 2.45. The smallest absolute Gasteiger partial charge is 0.294 e. The number of aryl methyl sites for hydroxylation is 1. The van der Waals surface area contributed by atoms with Gasteiger partial charge in [-0.25, -0.2) is 4.57 Å². The van der Waals surface area contributed by atoms with Gasteiger partial charge in [0.1, 0.15) is 17.6 Å². The van der Waals surface area contributed by atoms with Crippen LogP contribution in [0.2, 0.25) is 0 Å². The molecule has 200 valence electrons. The number of hydrogen-bond donors (Lipinski definition) is 0. The molecule has 2 unspecified atom stereocenters. The molecule has 0 bridgehead atoms. The fourth-order valence-corrected chi connectivity index (χ4v) is 6.87. The van der Waals surface area contributed by atoms with E-state index in [-0.39, 0.29) is 17.4 Å². The second kappa shape index (κ2) is 9.23. The van der Waals surface area contributed by atoms with Crippen molar-refractivity contribution in [3.63, 3.8) is 0 Å². The van der Waals surface area contributed by atoms with Crippen LogP contribution < -0.4 is 4.57 Å². The lowest BCUT2D eigenvalue weighted by Gasteiger charge is -2.27. The lowest BCUT2D eigenvalue weighted by molar-refractivity contribution is -0.648. The molecule has 0 fully saturated rings. The molecule has 3 aliphatic rings. The Balaban J connectivity index is 1.57. The van der Waals surface area contributed by atoms with Crippen molar-refractivity contribution in [1.29, 1.82) is 0 Å². The SMILES string of the molecule is CC1=C(c2n(-c3c(-c4ccccc4)cccc3C(C)(C)C)c3ccccc3[n+]2C)C2OC3=C(C=CCC3)C2C=C1. The third-order valence-electron chi connectivity index (χ3n) is 8.78. The van der Waals surface area contributed by atoms with Gasteiger partial charge in [0.05, 0.1) is 12.6 Å². The van der Waals surface area contributed by atoms with Gasteiger partial charge in [-0.05, 0) is 42.0 Å². The first-order valence-corrected chi connectivity index (χ1v) is 14.5. The minimum absolute atomic E-state index is 0.0333. The van der Waals surface area contributed by atoms with Crippen molar-refractivity contribution in [3.8, 4) is 16.8 Å². The molecule has 7 rings (SSSR count). The molecule has 0 spiro atoms. The largest absolute Gasteiger partial charge is 0.488 e. The molecule has 2 heterocycles. The minimum Gasteiger partial charge on any atom is -0.488 e. The van der Waals surface area contributed by atoms with Gasteiger partial charge in [0.15, 0.2) is 11.0 Å². The fraction of sp³-hybridized carbons (Fsp3) is 0.270. The summed E-state index contributed by atoms with van der Waals surface area (Å²) in [5.41, 5.74) is 11.3. The molecular weight excluding hydrogens is 488 g/mol. The predicted molar refractivity (Wildman–Crippen MR) is 164 cm³/mol. The fourth-order valence-electron chi connectivity index (χ4n) is 6.87. The molecular formula is C37H37N2O+. The van der Waals surface area contributed by atoms with Gasteiger partial charge in [0.25, 0.3) is 5.82 Å². The third-order valence-corrected chi connectivity index (χ3v) is 8.78. The number of benzene rings is 3. The molecule has 3 aromatic carbocycles. The molecule has 0 radical (unpaired) electrons. The molecule has 3 heteroatoms. The zero-order valence-corrected chi connectivity index (χ0v) is 24.1. The van der Waals surface area contributed by atoms with E-state index in [0.717, 1.165) is 12.8 Å². The normalized spacial score (nSPS) is 20.2. The number of ether oxygens (including phenoxy) is 1. The Morgan fingerprint density at radius 1 is 0.900 bits per heavy atom. The van der Waals surface area contributed by atoms with Crippen LogP contribution in [0.3, 0.4) is 0 Å². The van der Waals surface area contributed by atoms with E-state index in [1.165, 1.54) is 61.7 Å². The average Bonchev–Trinajstić information content (AvgIpc) is 3.48. The van der Waals surface area contributed by atoms with Crippen molar-refractivity contribution in [2.45, 2.75) is 52.1 Å². The van der Waals surface area contributed by atoms with Gasteiger partial charge in [-0.2, -0.15) is 4.57 Å². The Morgan fingerprint density at radius 3 is 2.48 bits per heavy atom. The van der Waals surface area contributed by atoms with Crippen LogP contribution in [0.1, 0.15) is 51.9 Å². The molecule has 0 N–H and O–H groups in total. The Kier molecular flexibility index (Phi) is 5.75. The molecule has 2 atom stereocenters. The molecule has 4 aromatic rings. The van der Waals surface area contributed by atoms with Crippen molar-refractivity contribution < 1.29 is 9.30 Å². The van der Waals surface area contributed by atoms with Crippen LogP contribution in [0.4, 0.5) is 0 Å². The molecule has 0 saturated heterocycles. The van der Waals surface area contributed by atoms with Gasteiger partial charge in [0, 0.05) is 29.0 Å². The zero-order chi connectivity index (χ0) is 27.6. The molecule has 40 heavy (non-hydrogen) atoms. The summed E-state index contributed by atoms with van der Waals surface area (Å²) in [6.07, 6.45) is 11.3. The number of para-hydroxylation sites is 3. The van der Waals surface area contributed by atoms with Gasteiger partial charge in [-0.1, -0.05) is 106 Å². The summed E-state index contributed by atoms with van der Waals surface area (Å²) < 4.78 is 11.8. The van der Waals surface area contributed by atoms with Crippen molar-refractivity contribution >= 4 is 16.6 Å². The van der Waals surface area contributed by atoms with Crippen molar-refractivity contribution in [3.05, 3.63) is 125 Å². The summed E-state index contributed by atoms with van der Waals surface area (Å²) in [5.74, 6) is 2.60. The maximum absolute atomic E-state index is 6.85. The first-order chi connectivity index (χ1) is 19.3. The quantitative estimate of drug-likeness (QED) is 0.246. The highest BCUT2D eigenvalue weighted by Crippen LogP contribution is 2.47. The van der Waals surface area contributed by atoms with E-state index in [2.05, 4.69) is 141 Å². The molecule has 0 amide bonds. The number of nitrogens with zero attached hydrogens (tertiary/aromatic N) is 2. The van der Waals surface area contributed by atoms with Crippen LogP contribution in [-0.2, 0) is 17.2 Å². The maximum atomic E-state index is 6.85.